The van der Waals surface area contributed by atoms with Crippen molar-refractivity contribution in [3.63, 3.8) is 0 Å². The van der Waals surface area contributed by atoms with Gasteiger partial charge in [0.15, 0.2) is 5.78 Å². The van der Waals surface area contributed by atoms with Crippen molar-refractivity contribution >= 4 is 17.4 Å². The second-order valence-corrected chi connectivity index (χ2v) is 5.40. The fourth-order valence-corrected chi connectivity index (χ4v) is 2.79. The van der Waals surface area contributed by atoms with E-state index in [0.29, 0.717) is 23.0 Å². The van der Waals surface area contributed by atoms with Gasteiger partial charge >= 0.3 is 0 Å². The second-order valence-electron chi connectivity index (χ2n) is 4.99. The Morgan fingerprint density at radius 2 is 2.19 bits per heavy atom. The molecule has 1 aromatic carbocycles. The fraction of sp³-hybridized carbons (Fsp3) is 0.385. The zero-order valence-electron chi connectivity index (χ0n) is 10.8. The predicted molar refractivity (Wildman–Crippen MR) is 71.5 cm³/mol. The van der Waals surface area contributed by atoms with Gasteiger partial charge in [-0.05, 0) is 17.3 Å². The van der Waals surface area contributed by atoms with E-state index in [0.717, 1.165) is 0 Å². The molecule has 2 bridgehead atoms. The number of carbonyl (C=O) groups excluding carboxylic acids is 1. The maximum absolute atomic E-state index is 11.8. The molecule has 8 heteroatoms. The van der Waals surface area contributed by atoms with Crippen LogP contribution in [0.3, 0.4) is 0 Å². The molecule has 108 valence electrons. The third-order valence-corrected chi connectivity index (χ3v) is 3.98. The van der Waals surface area contributed by atoms with Crippen molar-refractivity contribution in [1.29, 1.82) is 0 Å². The molecule has 2 aromatic rings. The number of ketones is 1. The number of aromatic nitrogens is 4. The van der Waals surface area contributed by atoms with Crippen LogP contribution >= 0.6 is 11.6 Å². The number of hydrogen-bond donors (Lipinski definition) is 0. The summed E-state index contributed by atoms with van der Waals surface area (Å²) in [4.78, 5) is 13.2. The summed E-state index contributed by atoms with van der Waals surface area (Å²) in [7, 11) is 0. The number of fused-ring (bicyclic) bond motifs is 2. The Labute approximate surface area is 124 Å². The van der Waals surface area contributed by atoms with Crippen LogP contribution in [0.5, 0.6) is 0 Å². The van der Waals surface area contributed by atoms with Gasteiger partial charge in [-0.15, -0.1) is 10.2 Å². The zero-order chi connectivity index (χ0) is 14.4. The average molecular weight is 307 g/mol. The molecule has 7 nitrogen and oxygen atoms in total. The summed E-state index contributed by atoms with van der Waals surface area (Å²) in [6.07, 6.45) is -0.660. The number of hydrogen-bond acceptors (Lipinski definition) is 6. The Morgan fingerprint density at radius 3 is 3.05 bits per heavy atom. The largest absolute Gasteiger partial charge is 0.343 e. The van der Waals surface area contributed by atoms with E-state index < -0.39 is 6.29 Å². The van der Waals surface area contributed by atoms with Crippen LogP contribution in [0.1, 0.15) is 12.5 Å². The molecule has 2 fully saturated rings. The molecule has 2 aliphatic rings. The molecular weight excluding hydrogens is 296 g/mol. The van der Waals surface area contributed by atoms with Gasteiger partial charge < -0.3 is 9.47 Å². The Morgan fingerprint density at radius 1 is 1.33 bits per heavy atom. The second kappa shape index (κ2) is 4.87. The third kappa shape index (κ3) is 2.14. The van der Waals surface area contributed by atoms with Gasteiger partial charge in [-0.2, -0.15) is 4.80 Å². The maximum atomic E-state index is 11.8. The van der Waals surface area contributed by atoms with E-state index in [2.05, 4.69) is 15.4 Å². The molecule has 3 atom stereocenters. The topological polar surface area (TPSA) is 79.1 Å². The van der Waals surface area contributed by atoms with E-state index in [-0.39, 0.29) is 24.3 Å². The lowest BCUT2D eigenvalue weighted by atomic mass is 10.0. The van der Waals surface area contributed by atoms with Crippen LogP contribution in [0.4, 0.5) is 0 Å². The molecule has 0 saturated carbocycles. The van der Waals surface area contributed by atoms with E-state index in [9.17, 15) is 4.79 Å². The number of ether oxygens (including phenoxy) is 2. The van der Waals surface area contributed by atoms with Crippen molar-refractivity contribution in [2.24, 2.45) is 0 Å². The molecule has 0 aliphatic carbocycles. The Hall–Kier alpha value is -1.83. The summed E-state index contributed by atoms with van der Waals surface area (Å²) < 4.78 is 10.8. The van der Waals surface area contributed by atoms with Crippen molar-refractivity contribution in [2.75, 3.05) is 6.61 Å². The molecule has 0 amide bonds. The fourth-order valence-electron chi connectivity index (χ4n) is 2.57. The highest BCUT2D eigenvalue weighted by Crippen LogP contribution is 2.32. The van der Waals surface area contributed by atoms with Gasteiger partial charge in [0.05, 0.1) is 11.6 Å². The van der Waals surface area contributed by atoms with Crippen LogP contribution in [0.2, 0.25) is 5.02 Å². The summed E-state index contributed by atoms with van der Waals surface area (Å²) in [5.41, 5.74) is 0.703. The van der Waals surface area contributed by atoms with Crippen molar-refractivity contribution in [2.45, 2.75) is 24.9 Å². The normalized spacial score (nSPS) is 28.0. The first-order chi connectivity index (χ1) is 10.2. The molecule has 3 unspecified atom stereocenters. The number of rotatable bonds is 2. The van der Waals surface area contributed by atoms with Crippen LogP contribution in [0, 0.1) is 0 Å². The molecule has 3 heterocycles. The molecule has 0 radical (unpaired) electrons. The number of carbonyl (C=O) groups is 1. The quantitative estimate of drug-likeness (QED) is 0.831. The van der Waals surface area contributed by atoms with Crippen molar-refractivity contribution in [1.82, 2.24) is 20.2 Å². The minimum Gasteiger partial charge on any atom is -0.343 e. The summed E-state index contributed by atoms with van der Waals surface area (Å²) in [6, 6.07) is 6.98. The molecule has 0 spiro atoms. The standard InChI is InChI=1S/C13H11ClN4O3/c14-8-4-2-1-3-7(8)12-15-17-18(16-12)9-5-10(19)13-20-6-11(9)21-13/h1-4,9,11,13H,5-6H2. The van der Waals surface area contributed by atoms with Gasteiger partial charge in [0.25, 0.3) is 0 Å². The van der Waals surface area contributed by atoms with E-state index >= 15 is 0 Å². The maximum Gasteiger partial charge on any atom is 0.218 e. The molecule has 0 N–H and O–H groups in total. The first kappa shape index (κ1) is 12.9. The highest BCUT2D eigenvalue weighted by atomic mass is 35.5. The lowest BCUT2D eigenvalue weighted by Crippen LogP contribution is -2.37. The number of nitrogens with zero attached hydrogens (tertiary/aromatic N) is 4. The third-order valence-electron chi connectivity index (χ3n) is 3.65. The Balaban J connectivity index is 1.66. The molecule has 1 aromatic heterocycles. The smallest absolute Gasteiger partial charge is 0.218 e. The molecule has 2 aliphatic heterocycles. The summed E-state index contributed by atoms with van der Waals surface area (Å²) >= 11 is 6.12. The summed E-state index contributed by atoms with van der Waals surface area (Å²) in [5, 5.41) is 12.9. The molecular formula is C13H11ClN4O3. The minimum atomic E-state index is -0.724. The minimum absolute atomic E-state index is 0.0923. The first-order valence-electron chi connectivity index (χ1n) is 6.56. The van der Waals surface area contributed by atoms with Gasteiger partial charge in [0.1, 0.15) is 12.1 Å². The average Bonchev–Trinajstić information content (AvgIpc) is 3.12. The highest BCUT2D eigenvalue weighted by Gasteiger charge is 2.45. The van der Waals surface area contributed by atoms with Crippen molar-refractivity contribution in [3.8, 4) is 11.4 Å². The number of halogens is 1. The Kier molecular flexibility index (Phi) is 2.99. The van der Waals surface area contributed by atoms with Crippen LogP contribution in [0.25, 0.3) is 11.4 Å². The van der Waals surface area contributed by atoms with Crippen molar-refractivity contribution < 1.29 is 14.3 Å². The van der Waals surface area contributed by atoms with Crippen LogP contribution < -0.4 is 0 Å². The summed E-state index contributed by atoms with van der Waals surface area (Å²) in [5.74, 6) is 0.333. The van der Waals surface area contributed by atoms with Gasteiger partial charge in [0, 0.05) is 12.0 Å². The van der Waals surface area contributed by atoms with Crippen molar-refractivity contribution in [3.05, 3.63) is 29.3 Å². The van der Waals surface area contributed by atoms with E-state index in [1.54, 1.807) is 6.07 Å². The predicted octanol–water partition coefficient (Wildman–Crippen LogP) is 1.25. The van der Waals surface area contributed by atoms with E-state index in [1.165, 1.54) is 4.80 Å². The zero-order valence-corrected chi connectivity index (χ0v) is 11.6. The number of benzene rings is 1. The van der Waals surface area contributed by atoms with Gasteiger partial charge in [-0.3, -0.25) is 4.79 Å². The highest BCUT2D eigenvalue weighted by molar-refractivity contribution is 6.33. The molecule has 21 heavy (non-hydrogen) atoms. The van der Waals surface area contributed by atoms with Crippen LogP contribution in [-0.2, 0) is 14.3 Å². The van der Waals surface area contributed by atoms with E-state index in [4.69, 9.17) is 21.1 Å². The lowest BCUT2D eigenvalue weighted by Gasteiger charge is -2.24. The number of Topliss-reactive ketones (excluding diaryl/α,β-unsaturated/α-hetero) is 1. The van der Waals surface area contributed by atoms with Gasteiger partial charge in [-0.1, -0.05) is 23.7 Å². The van der Waals surface area contributed by atoms with Gasteiger partial charge in [-0.25, -0.2) is 0 Å². The molecule has 2 saturated heterocycles. The summed E-state index contributed by atoms with van der Waals surface area (Å²) in [6.45, 7) is 0.365. The number of tetrazole rings is 1. The molecule has 4 rings (SSSR count). The Bertz CT molecular complexity index is 704. The van der Waals surface area contributed by atoms with Gasteiger partial charge in [0.2, 0.25) is 12.1 Å². The van der Waals surface area contributed by atoms with Crippen LogP contribution in [0.15, 0.2) is 24.3 Å². The van der Waals surface area contributed by atoms with Crippen LogP contribution in [-0.4, -0.2) is 45.0 Å². The first-order valence-corrected chi connectivity index (χ1v) is 6.94. The lowest BCUT2D eigenvalue weighted by molar-refractivity contribution is -0.156. The SMILES string of the molecule is O=C1CC(n2nnc(-c3ccccc3Cl)n2)C2COC1O2. The monoisotopic (exact) mass is 306 g/mol. The van der Waals surface area contributed by atoms with E-state index in [1.807, 2.05) is 18.2 Å².